The van der Waals surface area contributed by atoms with Crippen molar-refractivity contribution in [2.24, 2.45) is 0 Å². The van der Waals surface area contributed by atoms with Crippen LogP contribution in [0, 0.1) is 0 Å². The van der Waals surface area contributed by atoms with Crippen molar-refractivity contribution in [1.29, 1.82) is 0 Å². The number of ether oxygens (including phenoxy) is 3. The van der Waals surface area contributed by atoms with Crippen molar-refractivity contribution in [1.82, 2.24) is 0 Å². The number of hydrogen-bond acceptors (Lipinski definition) is 3. The van der Waals surface area contributed by atoms with Crippen molar-refractivity contribution >= 4 is 0 Å². The molecule has 3 unspecified atom stereocenters. The monoisotopic (exact) mass is 332 g/mol. The Kier molecular flexibility index (Phi) is 6.70. The summed E-state index contributed by atoms with van der Waals surface area (Å²) in [5.74, 6) is 0. The smallest absolute Gasteiger partial charge is 0.143 e. The lowest BCUT2D eigenvalue weighted by Crippen LogP contribution is -2.22. The van der Waals surface area contributed by atoms with Crippen molar-refractivity contribution in [3.05, 3.63) is 35.9 Å². The Balaban J connectivity index is 1.41. The van der Waals surface area contributed by atoms with Gasteiger partial charge in [0.05, 0.1) is 25.9 Å². The summed E-state index contributed by atoms with van der Waals surface area (Å²) in [5, 5.41) is 0. The maximum absolute atomic E-state index is 6.17. The quantitative estimate of drug-likeness (QED) is 0.383. The summed E-state index contributed by atoms with van der Waals surface area (Å²) in [7, 11) is 0. The zero-order valence-corrected chi connectivity index (χ0v) is 15.0. The number of epoxide rings is 2. The lowest BCUT2D eigenvalue weighted by atomic mass is 9.93. The Hall–Kier alpha value is -0.900. The van der Waals surface area contributed by atoms with E-state index in [1.165, 1.54) is 50.5 Å². The Morgan fingerprint density at radius 3 is 2.46 bits per heavy atom. The second-order valence-electron chi connectivity index (χ2n) is 7.24. The van der Waals surface area contributed by atoms with Gasteiger partial charge < -0.3 is 14.2 Å². The lowest BCUT2D eigenvalue weighted by molar-refractivity contribution is 0.0671. The van der Waals surface area contributed by atoms with Crippen LogP contribution in [0.5, 0.6) is 0 Å². The van der Waals surface area contributed by atoms with Gasteiger partial charge in [0.2, 0.25) is 0 Å². The van der Waals surface area contributed by atoms with Crippen LogP contribution in [-0.4, -0.2) is 32.0 Å². The molecule has 3 heteroatoms. The van der Waals surface area contributed by atoms with E-state index < -0.39 is 0 Å². The summed E-state index contributed by atoms with van der Waals surface area (Å²) in [5.41, 5.74) is 1.05. The molecule has 0 aliphatic carbocycles. The predicted octanol–water partition coefficient (Wildman–Crippen LogP) is 4.84. The molecule has 0 saturated carbocycles. The second-order valence-corrected chi connectivity index (χ2v) is 7.24. The molecular formula is C21H32O3. The van der Waals surface area contributed by atoms with Crippen molar-refractivity contribution in [3.8, 4) is 0 Å². The van der Waals surface area contributed by atoms with Crippen LogP contribution in [0.1, 0.15) is 63.9 Å². The van der Waals surface area contributed by atoms with E-state index in [-0.39, 0.29) is 5.60 Å². The molecule has 0 N–H and O–H groups in total. The van der Waals surface area contributed by atoms with Gasteiger partial charge in [0, 0.05) is 0 Å². The molecule has 0 radical (unpaired) electrons. The molecule has 2 fully saturated rings. The first-order chi connectivity index (χ1) is 11.8. The van der Waals surface area contributed by atoms with Gasteiger partial charge in [-0.1, -0.05) is 82.2 Å². The van der Waals surface area contributed by atoms with Gasteiger partial charge in [-0.25, -0.2) is 0 Å². The molecule has 1 aromatic carbocycles. The van der Waals surface area contributed by atoms with Gasteiger partial charge in [-0.15, -0.1) is 0 Å². The van der Waals surface area contributed by atoms with Crippen LogP contribution in [0.4, 0.5) is 0 Å². The highest BCUT2D eigenvalue weighted by atomic mass is 16.6. The Labute approximate surface area is 146 Å². The molecule has 0 spiro atoms. The molecule has 2 aliphatic heterocycles. The van der Waals surface area contributed by atoms with Gasteiger partial charge in [0.25, 0.3) is 0 Å². The molecule has 24 heavy (non-hydrogen) atoms. The van der Waals surface area contributed by atoms with E-state index in [0.29, 0.717) is 25.4 Å². The van der Waals surface area contributed by atoms with Crippen molar-refractivity contribution in [2.75, 3.05) is 19.8 Å². The first kappa shape index (κ1) is 17.9. The molecular weight excluding hydrogens is 300 g/mol. The van der Waals surface area contributed by atoms with Crippen molar-refractivity contribution < 1.29 is 14.2 Å². The summed E-state index contributed by atoms with van der Waals surface area (Å²) in [4.78, 5) is 0. The van der Waals surface area contributed by atoms with E-state index >= 15 is 0 Å². The van der Waals surface area contributed by atoms with Gasteiger partial charge in [-0.2, -0.15) is 0 Å². The highest BCUT2D eigenvalue weighted by molar-refractivity contribution is 5.29. The molecule has 134 valence electrons. The molecule has 0 amide bonds. The molecule has 3 nitrogen and oxygen atoms in total. The molecule has 0 aromatic heterocycles. The van der Waals surface area contributed by atoms with Crippen LogP contribution < -0.4 is 0 Å². The molecule has 2 heterocycles. The molecule has 3 atom stereocenters. The number of benzene rings is 1. The Morgan fingerprint density at radius 1 is 1.04 bits per heavy atom. The largest absolute Gasteiger partial charge is 0.375 e. The van der Waals surface area contributed by atoms with Crippen LogP contribution in [0.15, 0.2) is 30.3 Å². The zero-order chi connectivity index (χ0) is 16.7. The first-order valence-corrected chi connectivity index (χ1v) is 9.78. The summed E-state index contributed by atoms with van der Waals surface area (Å²) < 4.78 is 17.3. The molecule has 1 aromatic rings. The highest BCUT2D eigenvalue weighted by Gasteiger charge is 2.57. The van der Waals surface area contributed by atoms with Gasteiger partial charge in [-0.3, -0.25) is 0 Å². The summed E-state index contributed by atoms with van der Waals surface area (Å²) in [6.07, 6.45) is 11.2. The third-order valence-electron chi connectivity index (χ3n) is 5.17. The maximum Gasteiger partial charge on any atom is 0.143 e. The van der Waals surface area contributed by atoms with Gasteiger partial charge in [0.1, 0.15) is 11.7 Å². The zero-order valence-electron chi connectivity index (χ0n) is 15.0. The standard InChI is InChI=1S/C21H32O3/c1-2-3-4-5-6-7-11-14-20-21(24-20,17-22-15-19-16-23-19)18-12-9-8-10-13-18/h8-10,12-13,19-20H,2-7,11,14-17H2,1H3. The molecule has 3 rings (SSSR count). The van der Waals surface area contributed by atoms with E-state index in [9.17, 15) is 0 Å². The van der Waals surface area contributed by atoms with E-state index in [1.807, 2.05) is 0 Å². The fourth-order valence-electron chi connectivity index (χ4n) is 3.49. The van der Waals surface area contributed by atoms with Crippen molar-refractivity contribution in [3.63, 3.8) is 0 Å². The minimum atomic E-state index is -0.210. The fraction of sp³-hybridized carbons (Fsp3) is 0.714. The minimum absolute atomic E-state index is 0.210. The van der Waals surface area contributed by atoms with Gasteiger partial charge >= 0.3 is 0 Å². The fourth-order valence-corrected chi connectivity index (χ4v) is 3.49. The Bertz CT molecular complexity index is 471. The normalized spacial score (nSPS) is 28.0. The number of hydrogen-bond donors (Lipinski definition) is 0. The van der Waals surface area contributed by atoms with Crippen LogP contribution in [0.3, 0.4) is 0 Å². The lowest BCUT2D eigenvalue weighted by Gasteiger charge is -2.14. The maximum atomic E-state index is 6.17. The first-order valence-electron chi connectivity index (χ1n) is 9.78. The van der Waals surface area contributed by atoms with Gasteiger partial charge in [0.15, 0.2) is 0 Å². The van der Waals surface area contributed by atoms with Crippen LogP contribution >= 0.6 is 0 Å². The third kappa shape index (κ3) is 5.05. The topological polar surface area (TPSA) is 34.3 Å². The minimum Gasteiger partial charge on any atom is -0.375 e. The molecule has 2 aliphatic rings. The average Bonchev–Trinajstić information content (AvgIpc) is 3.53. The van der Waals surface area contributed by atoms with Gasteiger partial charge in [-0.05, 0) is 12.0 Å². The Morgan fingerprint density at radius 2 is 1.75 bits per heavy atom. The van der Waals surface area contributed by atoms with Crippen LogP contribution in [0.2, 0.25) is 0 Å². The summed E-state index contributed by atoms with van der Waals surface area (Å²) in [6, 6.07) is 10.6. The van der Waals surface area contributed by atoms with E-state index in [0.717, 1.165) is 13.0 Å². The summed E-state index contributed by atoms with van der Waals surface area (Å²) >= 11 is 0. The van der Waals surface area contributed by atoms with E-state index in [1.54, 1.807) is 0 Å². The molecule has 0 bridgehead atoms. The predicted molar refractivity (Wildman–Crippen MR) is 96.2 cm³/mol. The second kappa shape index (κ2) is 8.98. The van der Waals surface area contributed by atoms with E-state index in [4.69, 9.17) is 14.2 Å². The summed E-state index contributed by atoms with van der Waals surface area (Å²) in [6.45, 7) is 4.46. The van der Waals surface area contributed by atoms with Crippen molar-refractivity contribution in [2.45, 2.75) is 76.1 Å². The van der Waals surface area contributed by atoms with Crippen LogP contribution in [-0.2, 0) is 19.8 Å². The molecule has 2 saturated heterocycles. The number of unbranched alkanes of at least 4 members (excludes halogenated alkanes) is 6. The highest BCUT2D eigenvalue weighted by Crippen LogP contribution is 2.49. The van der Waals surface area contributed by atoms with Crippen LogP contribution in [0.25, 0.3) is 0 Å². The SMILES string of the molecule is CCCCCCCCCC1OC1(COCC1CO1)c1ccccc1. The van der Waals surface area contributed by atoms with E-state index in [2.05, 4.69) is 37.3 Å². The number of rotatable bonds is 13. The third-order valence-corrected chi connectivity index (χ3v) is 5.17. The average molecular weight is 332 g/mol.